The van der Waals surface area contributed by atoms with Crippen molar-refractivity contribution in [2.75, 3.05) is 0 Å². The fourth-order valence-electron chi connectivity index (χ4n) is 3.97. The van der Waals surface area contributed by atoms with Crippen LogP contribution in [0.1, 0.15) is 71.0 Å². The van der Waals surface area contributed by atoms with Gasteiger partial charge in [-0.3, -0.25) is 19.1 Å². The Kier molecular flexibility index (Phi) is 6.70. The minimum atomic E-state index is -0.447. The Morgan fingerprint density at radius 1 is 1.14 bits per heavy atom. The molecule has 1 saturated carbocycles. The van der Waals surface area contributed by atoms with Crippen molar-refractivity contribution >= 4 is 17.1 Å². The molecule has 1 aliphatic rings. The molecule has 0 radical (unpaired) electrons. The highest BCUT2D eigenvalue weighted by Crippen LogP contribution is 2.27. The van der Waals surface area contributed by atoms with Gasteiger partial charge in [0.05, 0.1) is 0 Å². The zero-order valence-corrected chi connectivity index (χ0v) is 16.8. The van der Waals surface area contributed by atoms with Gasteiger partial charge in [0.2, 0.25) is 0 Å². The third kappa shape index (κ3) is 4.36. The maximum atomic E-state index is 12.5. The highest BCUT2D eigenvalue weighted by molar-refractivity contribution is 5.72. The normalized spacial score (nSPS) is 14.8. The maximum absolute atomic E-state index is 12.5. The summed E-state index contributed by atoms with van der Waals surface area (Å²) in [5, 5.41) is 0. The summed E-state index contributed by atoms with van der Waals surface area (Å²) in [6.45, 7) is 5.12. The SMILES string of the molecule is CCCCn1c(=O)[nH]c(=O)c2c1nc(COC(=O)CC1CCCC1)n2CCC. The number of nitrogens with one attached hydrogen (secondary N) is 1. The van der Waals surface area contributed by atoms with E-state index < -0.39 is 11.2 Å². The highest BCUT2D eigenvalue weighted by Gasteiger charge is 2.21. The van der Waals surface area contributed by atoms with Crippen LogP contribution in [0.25, 0.3) is 11.2 Å². The molecule has 0 aliphatic heterocycles. The molecule has 2 heterocycles. The average molecular weight is 390 g/mol. The van der Waals surface area contributed by atoms with Crippen LogP contribution in [0.4, 0.5) is 0 Å². The fraction of sp³-hybridized carbons (Fsp3) is 0.700. The summed E-state index contributed by atoms with van der Waals surface area (Å²) >= 11 is 0. The van der Waals surface area contributed by atoms with E-state index in [1.54, 1.807) is 4.57 Å². The van der Waals surface area contributed by atoms with Crippen LogP contribution in [0.2, 0.25) is 0 Å². The van der Waals surface area contributed by atoms with E-state index in [1.165, 1.54) is 17.4 Å². The standard InChI is InChI=1S/C20H30N4O4/c1-3-5-11-24-18-17(19(26)22-20(24)27)23(10-4-2)15(21-18)13-28-16(25)12-14-8-6-7-9-14/h14H,3-13H2,1-2H3,(H,22,26,27). The first-order valence-electron chi connectivity index (χ1n) is 10.4. The van der Waals surface area contributed by atoms with Crippen molar-refractivity contribution in [3.05, 3.63) is 26.7 Å². The van der Waals surface area contributed by atoms with Gasteiger partial charge in [-0.15, -0.1) is 0 Å². The molecule has 1 fully saturated rings. The lowest BCUT2D eigenvalue weighted by Gasteiger charge is -2.10. The predicted octanol–water partition coefficient (Wildman–Crippen LogP) is 2.72. The topological polar surface area (TPSA) is 99.0 Å². The molecule has 154 valence electrons. The molecule has 3 rings (SSSR count). The molecule has 0 bridgehead atoms. The number of carbonyl (C=O) groups excluding carboxylic acids is 1. The number of aromatic nitrogens is 4. The molecule has 2 aromatic heterocycles. The van der Waals surface area contributed by atoms with Gasteiger partial charge in [0.15, 0.2) is 11.2 Å². The van der Waals surface area contributed by atoms with E-state index in [4.69, 9.17) is 4.74 Å². The third-order valence-corrected chi connectivity index (χ3v) is 5.44. The van der Waals surface area contributed by atoms with Crippen molar-refractivity contribution in [3.63, 3.8) is 0 Å². The molecule has 0 spiro atoms. The van der Waals surface area contributed by atoms with Gasteiger partial charge in [0, 0.05) is 19.5 Å². The molecule has 8 heteroatoms. The second-order valence-corrected chi connectivity index (χ2v) is 7.63. The fourth-order valence-corrected chi connectivity index (χ4v) is 3.97. The number of aryl methyl sites for hydroxylation is 2. The van der Waals surface area contributed by atoms with Crippen LogP contribution in [0, 0.1) is 5.92 Å². The van der Waals surface area contributed by atoms with Crippen LogP contribution in [-0.2, 0) is 29.2 Å². The Labute approximate surface area is 163 Å². The van der Waals surface area contributed by atoms with Gasteiger partial charge in [-0.05, 0) is 31.6 Å². The molecule has 28 heavy (non-hydrogen) atoms. The maximum Gasteiger partial charge on any atom is 0.330 e. The van der Waals surface area contributed by atoms with E-state index in [0.717, 1.165) is 32.1 Å². The van der Waals surface area contributed by atoms with Crippen molar-refractivity contribution in [2.45, 2.75) is 84.9 Å². The Hall–Kier alpha value is -2.38. The number of carbonyl (C=O) groups is 1. The zero-order chi connectivity index (χ0) is 20.1. The van der Waals surface area contributed by atoms with Crippen molar-refractivity contribution in [3.8, 4) is 0 Å². The number of ether oxygens (including phenoxy) is 1. The van der Waals surface area contributed by atoms with Crippen LogP contribution >= 0.6 is 0 Å². The molecule has 1 aliphatic carbocycles. The van der Waals surface area contributed by atoms with Crippen molar-refractivity contribution < 1.29 is 9.53 Å². The Morgan fingerprint density at radius 2 is 1.89 bits per heavy atom. The quantitative estimate of drug-likeness (QED) is 0.664. The molecule has 1 N–H and O–H groups in total. The molecular weight excluding hydrogens is 360 g/mol. The lowest BCUT2D eigenvalue weighted by Crippen LogP contribution is -2.31. The molecule has 0 amide bonds. The number of H-pyrrole nitrogens is 1. The second-order valence-electron chi connectivity index (χ2n) is 7.63. The number of fused-ring (bicyclic) bond motifs is 1. The molecule has 0 atom stereocenters. The van der Waals surface area contributed by atoms with Crippen molar-refractivity contribution in [1.29, 1.82) is 0 Å². The van der Waals surface area contributed by atoms with Crippen LogP contribution in [0.15, 0.2) is 9.59 Å². The van der Waals surface area contributed by atoms with Gasteiger partial charge < -0.3 is 9.30 Å². The van der Waals surface area contributed by atoms with Crippen LogP contribution in [0.5, 0.6) is 0 Å². The summed E-state index contributed by atoms with van der Waals surface area (Å²) < 4.78 is 8.76. The zero-order valence-electron chi connectivity index (χ0n) is 16.8. The minimum absolute atomic E-state index is 0.0155. The first-order chi connectivity index (χ1) is 13.5. The van der Waals surface area contributed by atoms with Gasteiger partial charge in [-0.25, -0.2) is 9.78 Å². The third-order valence-electron chi connectivity index (χ3n) is 5.44. The van der Waals surface area contributed by atoms with E-state index in [9.17, 15) is 14.4 Å². The molecule has 0 unspecified atom stereocenters. The van der Waals surface area contributed by atoms with Crippen molar-refractivity contribution in [2.24, 2.45) is 5.92 Å². The Bertz CT molecular complexity index is 934. The van der Waals surface area contributed by atoms with E-state index in [2.05, 4.69) is 9.97 Å². The number of imidazole rings is 1. The first kappa shape index (κ1) is 20.4. The number of hydrogen-bond donors (Lipinski definition) is 1. The number of aromatic amines is 1. The molecule has 0 saturated heterocycles. The summed E-state index contributed by atoms with van der Waals surface area (Å²) in [7, 11) is 0. The van der Waals surface area contributed by atoms with Gasteiger partial charge in [0.25, 0.3) is 5.56 Å². The number of esters is 1. The summed E-state index contributed by atoms with van der Waals surface area (Å²) in [5.74, 6) is 0.710. The Balaban J connectivity index is 1.89. The lowest BCUT2D eigenvalue weighted by atomic mass is 10.1. The number of rotatable bonds is 9. The molecule has 2 aromatic rings. The number of nitrogens with zero attached hydrogens (tertiary/aromatic N) is 3. The first-order valence-corrected chi connectivity index (χ1v) is 10.4. The summed E-state index contributed by atoms with van der Waals surface area (Å²) in [6.07, 6.45) is 7.51. The highest BCUT2D eigenvalue weighted by atomic mass is 16.5. The van der Waals surface area contributed by atoms with E-state index in [0.29, 0.717) is 42.4 Å². The monoisotopic (exact) mass is 390 g/mol. The second kappa shape index (κ2) is 9.21. The predicted molar refractivity (Wildman–Crippen MR) is 106 cm³/mol. The van der Waals surface area contributed by atoms with Crippen LogP contribution < -0.4 is 11.2 Å². The summed E-state index contributed by atoms with van der Waals surface area (Å²) in [5.41, 5.74) is -0.147. The van der Waals surface area contributed by atoms with Gasteiger partial charge in [-0.1, -0.05) is 33.1 Å². The van der Waals surface area contributed by atoms with Crippen LogP contribution in [-0.4, -0.2) is 25.1 Å². The smallest absolute Gasteiger partial charge is 0.330 e. The van der Waals surface area contributed by atoms with Crippen molar-refractivity contribution in [1.82, 2.24) is 19.1 Å². The van der Waals surface area contributed by atoms with E-state index >= 15 is 0 Å². The minimum Gasteiger partial charge on any atom is -0.457 e. The summed E-state index contributed by atoms with van der Waals surface area (Å²) in [6, 6.07) is 0. The molecular formula is C20H30N4O4. The average Bonchev–Trinajstić information content (AvgIpc) is 3.28. The van der Waals surface area contributed by atoms with Crippen LogP contribution in [0.3, 0.4) is 0 Å². The number of unbranched alkanes of at least 4 members (excludes halogenated alkanes) is 1. The number of hydrogen-bond acceptors (Lipinski definition) is 5. The van der Waals surface area contributed by atoms with E-state index in [1.807, 2.05) is 13.8 Å². The van der Waals surface area contributed by atoms with Gasteiger partial charge in [0.1, 0.15) is 12.4 Å². The molecule has 0 aromatic carbocycles. The van der Waals surface area contributed by atoms with E-state index in [-0.39, 0.29) is 12.6 Å². The summed E-state index contributed by atoms with van der Waals surface area (Å²) in [4.78, 5) is 43.9. The van der Waals surface area contributed by atoms with Gasteiger partial charge in [-0.2, -0.15) is 0 Å². The lowest BCUT2D eigenvalue weighted by molar-refractivity contribution is -0.146. The Morgan fingerprint density at radius 3 is 2.57 bits per heavy atom. The molecule has 8 nitrogen and oxygen atoms in total. The largest absolute Gasteiger partial charge is 0.457 e. The van der Waals surface area contributed by atoms with Gasteiger partial charge >= 0.3 is 11.7 Å².